The number of hydrogen-bond donors (Lipinski definition) is 3. The molecule has 0 aliphatic heterocycles. The number of anilines is 2. The molecule has 5 aromatic rings. The summed E-state index contributed by atoms with van der Waals surface area (Å²) in [5.41, 5.74) is 6.95. The predicted molar refractivity (Wildman–Crippen MR) is 152 cm³/mol. The molecule has 6 rings (SSSR count). The van der Waals surface area contributed by atoms with E-state index in [2.05, 4.69) is 15.3 Å². The second kappa shape index (κ2) is 10.8. The molecule has 0 saturated heterocycles. The van der Waals surface area contributed by atoms with E-state index >= 15 is 4.39 Å². The second-order valence-electron chi connectivity index (χ2n) is 9.79. The maximum atomic E-state index is 15.1. The highest BCUT2D eigenvalue weighted by Crippen LogP contribution is 2.40. The first kappa shape index (κ1) is 26.6. The quantitative estimate of drug-likeness (QED) is 0.227. The van der Waals surface area contributed by atoms with Crippen molar-refractivity contribution in [2.45, 2.75) is 18.8 Å². The lowest BCUT2D eigenvalue weighted by Crippen LogP contribution is -2.28. The molecule has 1 amide bonds. The van der Waals surface area contributed by atoms with Gasteiger partial charge in [-0.05, 0) is 91.1 Å². The molecular formula is C31H23F2N5O4. The topological polar surface area (TPSA) is 132 Å². The fourth-order valence-corrected chi connectivity index (χ4v) is 4.49. The number of nitrogen functional groups attached to an aromatic ring is 1. The lowest BCUT2D eigenvalue weighted by Gasteiger charge is -2.13. The van der Waals surface area contributed by atoms with Gasteiger partial charge in [-0.3, -0.25) is 14.2 Å². The van der Waals surface area contributed by atoms with Crippen LogP contribution in [0.25, 0.3) is 16.9 Å². The Morgan fingerprint density at radius 3 is 2.52 bits per heavy atom. The molecule has 1 fully saturated rings. The molecule has 42 heavy (non-hydrogen) atoms. The molecule has 1 aliphatic carbocycles. The first-order valence-corrected chi connectivity index (χ1v) is 13.0. The minimum Gasteiger partial charge on any atom is -0.507 e. The minimum absolute atomic E-state index is 0.0236. The van der Waals surface area contributed by atoms with Crippen LogP contribution in [0.5, 0.6) is 17.2 Å². The van der Waals surface area contributed by atoms with Crippen molar-refractivity contribution in [3.63, 3.8) is 0 Å². The van der Waals surface area contributed by atoms with Gasteiger partial charge in [0.25, 0.3) is 11.5 Å². The highest BCUT2D eigenvalue weighted by atomic mass is 19.1. The number of pyridine rings is 1. The molecule has 0 atom stereocenters. The smallest absolute Gasteiger partial charge is 0.267 e. The third kappa shape index (κ3) is 5.52. The predicted octanol–water partition coefficient (Wildman–Crippen LogP) is 5.78. The van der Waals surface area contributed by atoms with Crippen LogP contribution in [0.15, 0.2) is 90.0 Å². The van der Waals surface area contributed by atoms with Gasteiger partial charge in [0.15, 0.2) is 11.6 Å². The summed E-state index contributed by atoms with van der Waals surface area (Å²) in [5, 5.41) is 12.8. The van der Waals surface area contributed by atoms with Gasteiger partial charge in [-0.1, -0.05) is 0 Å². The van der Waals surface area contributed by atoms with Crippen LogP contribution in [0.4, 0.5) is 20.4 Å². The van der Waals surface area contributed by atoms with Crippen molar-refractivity contribution in [3.8, 4) is 34.2 Å². The van der Waals surface area contributed by atoms with E-state index in [-0.39, 0.29) is 40.4 Å². The number of carbonyl (C=O) groups is 1. The summed E-state index contributed by atoms with van der Waals surface area (Å²) >= 11 is 0. The molecule has 0 unspecified atom stereocenters. The normalized spacial score (nSPS) is 12.6. The van der Waals surface area contributed by atoms with E-state index in [9.17, 15) is 19.1 Å². The van der Waals surface area contributed by atoms with Crippen molar-refractivity contribution in [1.82, 2.24) is 14.5 Å². The van der Waals surface area contributed by atoms with Crippen LogP contribution in [0.1, 0.15) is 34.7 Å². The Hall–Kier alpha value is -5.58. The van der Waals surface area contributed by atoms with E-state index in [1.807, 2.05) is 0 Å². The molecule has 2 heterocycles. The first-order valence-electron chi connectivity index (χ1n) is 13.0. The average molecular weight is 568 g/mol. The molecule has 3 aromatic carbocycles. The van der Waals surface area contributed by atoms with Gasteiger partial charge in [0, 0.05) is 35.4 Å². The lowest BCUT2D eigenvalue weighted by molar-refractivity contribution is 0.102. The Balaban J connectivity index is 1.24. The average Bonchev–Trinajstić information content (AvgIpc) is 3.82. The molecule has 0 spiro atoms. The Kier molecular flexibility index (Phi) is 6.83. The van der Waals surface area contributed by atoms with Crippen LogP contribution in [-0.4, -0.2) is 25.5 Å². The van der Waals surface area contributed by atoms with Crippen LogP contribution in [0.3, 0.4) is 0 Å². The van der Waals surface area contributed by atoms with Gasteiger partial charge in [-0.2, -0.15) is 0 Å². The fourth-order valence-electron chi connectivity index (χ4n) is 4.49. The van der Waals surface area contributed by atoms with E-state index in [0.29, 0.717) is 16.9 Å². The number of aromatic nitrogens is 3. The maximum absolute atomic E-state index is 15.1. The summed E-state index contributed by atoms with van der Waals surface area (Å²) < 4.78 is 35.5. The van der Waals surface area contributed by atoms with Crippen LogP contribution < -0.4 is 21.3 Å². The van der Waals surface area contributed by atoms with Crippen LogP contribution in [0.2, 0.25) is 0 Å². The number of phenols is 1. The number of ether oxygens (including phenoxy) is 1. The number of hydrogen-bond acceptors (Lipinski definition) is 7. The van der Waals surface area contributed by atoms with Gasteiger partial charge in [0.2, 0.25) is 5.95 Å². The summed E-state index contributed by atoms with van der Waals surface area (Å²) in [6, 6.07) is 16.7. The zero-order chi connectivity index (χ0) is 29.4. The number of aromatic hydroxyl groups is 1. The van der Waals surface area contributed by atoms with Crippen LogP contribution in [0, 0.1) is 11.6 Å². The molecule has 1 aliphatic rings. The Bertz CT molecular complexity index is 1890. The molecule has 2 aromatic heterocycles. The van der Waals surface area contributed by atoms with Crippen molar-refractivity contribution < 1.29 is 23.4 Å². The number of amides is 1. The van der Waals surface area contributed by atoms with Gasteiger partial charge in [-0.25, -0.2) is 18.7 Å². The van der Waals surface area contributed by atoms with Crippen molar-refractivity contribution in [1.29, 1.82) is 0 Å². The molecule has 9 nitrogen and oxygen atoms in total. The molecule has 0 bridgehead atoms. The Morgan fingerprint density at radius 1 is 1.02 bits per heavy atom. The van der Waals surface area contributed by atoms with Gasteiger partial charge >= 0.3 is 0 Å². The zero-order valence-electron chi connectivity index (χ0n) is 21.9. The maximum Gasteiger partial charge on any atom is 0.267 e. The number of benzene rings is 3. The van der Waals surface area contributed by atoms with E-state index < -0.39 is 23.1 Å². The highest BCUT2D eigenvalue weighted by Gasteiger charge is 2.27. The molecule has 0 radical (unpaired) electrons. The largest absolute Gasteiger partial charge is 0.507 e. The zero-order valence-corrected chi connectivity index (χ0v) is 21.9. The molecule has 4 N–H and O–H groups in total. The van der Waals surface area contributed by atoms with E-state index in [4.69, 9.17) is 10.5 Å². The number of phenolic OH excluding ortho intramolecular Hbond substituents is 1. The number of carbonyl (C=O) groups excluding carboxylic acids is 1. The third-order valence-electron chi connectivity index (χ3n) is 6.77. The SMILES string of the molecule is Nc1nccc(-c2cc(Oc3ccc(NC(=O)c4cc(C5CC5)cn(-c5ccc(F)cc5)c4=O)cc3F)ccc2O)n1. The van der Waals surface area contributed by atoms with Crippen molar-refractivity contribution in [2.75, 3.05) is 11.1 Å². The summed E-state index contributed by atoms with van der Waals surface area (Å²) in [7, 11) is 0. The Morgan fingerprint density at radius 2 is 1.81 bits per heavy atom. The number of halogens is 2. The fraction of sp³-hybridized carbons (Fsp3) is 0.0968. The van der Waals surface area contributed by atoms with E-state index in [1.165, 1.54) is 65.4 Å². The van der Waals surface area contributed by atoms with E-state index in [0.717, 1.165) is 24.5 Å². The highest BCUT2D eigenvalue weighted by molar-refractivity contribution is 6.04. The summed E-state index contributed by atoms with van der Waals surface area (Å²) in [6.45, 7) is 0. The molecule has 11 heteroatoms. The number of nitrogens with two attached hydrogens (primary N) is 1. The second-order valence-corrected chi connectivity index (χ2v) is 9.79. The van der Waals surface area contributed by atoms with Crippen LogP contribution >= 0.6 is 0 Å². The summed E-state index contributed by atoms with van der Waals surface area (Å²) in [5.74, 6) is -1.68. The van der Waals surface area contributed by atoms with Crippen LogP contribution in [-0.2, 0) is 0 Å². The van der Waals surface area contributed by atoms with Crippen molar-refractivity contribution in [3.05, 3.63) is 118 Å². The Labute approximate surface area is 237 Å². The van der Waals surface area contributed by atoms with Gasteiger partial charge in [0.1, 0.15) is 22.9 Å². The number of nitrogens with zero attached hydrogens (tertiary/aromatic N) is 3. The summed E-state index contributed by atoms with van der Waals surface area (Å²) in [6.07, 6.45) is 4.98. The number of rotatable bonds is 7. The van der Waals surface area contributed by atoms with Gasteiger partial charge < -0.3 is 20.9 Å². The molecule has 1 saturated carbocycles. The minimum atomic E-state index is -0.774. The number of nitrogens with one attached hydrogen (secondary N) is 1. The van der Waals surface area contributed by atoms with Crippen molar-refractivity contribution >= 4 is 17.5 Å². The lowest BCUT2D eigenvalue weighted by atomic mass is 10.1. The van der Waals surface area contributed by atoms with Gasteiger partial charge in [0.05, 0.1) is 5.69 Å². The summed E-state index contributed by atoms with van der Waals surface area (Å²) in [4.78, 5) is 34.4. The standard InChI is InChI=1S/C31H23F2N5O4/c32-19-3-6-21(7-4-19)38-16-18(17-1-2-17)13-24(30(38)41)29(40)36-20-5-10-28(25(33)14-20)42-22-8-9-27(39)23(15-22)26-11-12-35-31(34)37-26/h3-17,39H,1-2H2,(H,36,40)(H2,34,35,37). The molecular weight excluding hydrogens is 544 g/mol. The van der Waals surface area contributed by atoms with Gasteiger partial charge in [-0.15, -0.1) is 0 Å². The monoisotopic (exact) mass is 567 g/mol. The van der Waals surface area contributed by atoms with Crippen molar-refractivity contribution in [2.24, 2.45) is 0 Å². The van der Waals surface area contributed by atoms with E-state index in [1.54, 1.807) is 18.3 Å². The third-order valence-corrected chi connectivity index (χ3v) is 6.77. The first-order chi connectivity index (χ1) is 20.2. The molecule has 210 valence electrons.